The number of nitrogens with zero attached hydrogens (tertiary/aromatic N) is 2. The van der Waals surface area contributed by atoms with E-state index >= 15 is 0 Å². The van der Waals surface area contributed by atoms with Gasteiger partial charge >= 0.3 is 0 Å². The van der Waals surface area contributed by atoms with Crippen LogP contribution >= 0.6 is 0 Å². The average Bonchev–Trinajstić information content (AvgIpc) is 3.02. The maximum absolute atomic E-state index is 12.7. The molecule has 6 heteroatoms. The Kier molecular flexibility index (Phi) is 4.62. The number of hydrogen-bond donors (Lipinski definition) is 1. The summed E-state index contributed by atoms with van der Waals surface area (Å²) in [5.74, 6) is 1.65. The van der Waals surface area contributed by atoms with Crippen LogP contribution in [0.2, 0.25) is 0 Å². The lowest BCUT2D eigenvalue weighted by Gasteiger charge is -2.34. The molecule has 23 heavy (non-hydrogen) atoms. The maximum Gasteiger partial charge on any atom is 0.227 e. The van der Waals surface area contributed by atoms with Crippen LogP contribution in [0.4, 0.5) is 0 Å². The first-order chi connectivity index (χ1) is 11.2. The summed E-state index contributed by atoms with van der Waals surface area (Å²) in [6, 6.07) is 7.43. The van der Waals surface area contributed by atoms with Crippen molar-refractivity contribution in [2.24, 2.45) is 0 Å². The fraction of sp³-hybridized carbons (Fsp3) is 0.412. The van der Waals surface area contributed by atoms with Gasteiger partial charge in [0.05, 0.1) is 26.7 Å². The summed E-state index contributed by atoms with van der Waals surface area (Å²) in [6.45, 7) is 3.56. The Balaban J connectivity index is 1.73. The molecule has 0 radical (unpaired) electrons. The van der Waals surface area contributed by atoms with Crippen molar-refractivity contribution in [3.05, 3.63) is 47.5 Å². The smallest absolute Gasteiger partial charge is 0.227 e. The van der Waals surface area contributed by atoms with E-state index in [4.69, 9.17) is 9.47 Å². The number of benzene rings is 1. The van der Waals surface area contributed by atoms with Crippen molar-refractivity contribution in [3.63, 3.8) is 0 Å². The number of imidazole rings is 1. The van der Waals surface area contributed by atoms with Gasteiger partial charge in [0.15, 0.2) is 0 Å². The summed E-state index contributed by atoms with van der Waals surface area (Å²) in [5, 5.41) is 0. The van der Waals surface area contributed by atoms with Gasteiger partial charge in [0, 0.05) is 18.4 Å². The Hall–Kier alpha value is -2.34. The standard InChI is InChI=1S/C17H21N3O3/c1-12-10-18-17(19-12)15-11-23-8-7-20(15)16(21)9-13-3-5-14(22-2)6-4-13/h3-6,10,15H,7-9,11H2,1-2H3,(H,18,19). The maximum atomic E-state index is 12.7. The molecule has 1 aliphatic heterocycles. The van der Waals surface area contributed by atoms with Gasteiger partial charge in [0.2, 0.25) is 5.91 Å². The topological polar surface area (TPSA) is 67.4 Å². The van der Waals surface area contributed by atoms with Gasteiger partial charge in [-0.15, -0.1) is 0 Å². The molecular weight excluding hydrogens is 294 g/mol. The predicted octanol–water partition coefficient (Wildman–Crippen LogP) is 1.87. The van der Waals surface area contributed by atoms with Crippen molar-refractivity contribution in [2.45, 2.75) is 19.4 Å². The molecule has 1 aliphatic rings. The van der Waals surface area contributed by atoms with Crippen LogP contribution in [0.5, 0.6) is 5.75 Å². The molecule has 0 spiro atoms. The highest BCUT2D eigenvalue weighted by atomic mass is 16.5. The molecule has 0 saturated carbocycles. The van der Waals surface area contributed by atoms with Crippen LogP contribution in [-0.2, 0) is 16.0 Å². The first-order valence-electron chi connectivity index (χ1n) is 7.69. The van der Waals surface area contributed by atoms with Crippen LogP contribution in [-0.4, -0.2) is 47.6 Å². The highest BCUT2D eigenvalue weighted by molar-refractivity contribution is 5.79. The molecule has 0 bridgehead atoms. The zero-order chi connectivity index (χ0) is 16.2. The van der Waals surface area contributed by atoms with Crippen LogP contribution in [0, 0.1) is 6.92 Å². The van der Waals surface area contributed by atoms with Gasteiger partial charge in [-0.05, 0) is 24.6 Å². The van der Waals surface area contributed by atoms with Crippen LogP contribution in [0.1, 0.15) is 23.1 Å². The van der Waals surface area contributed by atoms with Crippen molar-refractivity contribution in [3.8, 4) is 5.75 Å². The van der Waals surface area contributed by atoms with Gasteiger partial charge in [-0.1, -0.05) is 12.1 Å². The molecular formula is C17H21N3O3. The number of methoxy groups -OCH3 is 1. The second kappa shape index (κ2) is 6.83. The van der Waals surface area contributed by atoms with Gasteiger partial charge in [0.1, 0.15) is 17.6 Å². The monoisotopic (exact) mass is 315 g/mol. The minimum atomic E-state index is -0.150. The summed E-state index contributed by atoms with van der Waals surface area (Å²) >= 11 is 0. The normalized spacial score (nSPS) is 18.0. The Labute approximate surface area is 135 Å². The summed E-state index contributed by atoms with van der Waals surface area (Å²) in [6.07, 6.45) is 2.14. The van der Waals surface area contributed by atoms with Crippen molar-refractivity contribution in [2.75, 3.05) is 26.9 Å². The van der Waals surface area contributed by atoms with Gasteiger partial charge in [-0.2, -0.15) is 0 Å². The molecule has 122 valence electrons. The van der Waals surface area contributed by atoms with E-state index in [1.54, 1.807) is 13.3 Å². The van der Waals surface area contributed by atoms with Gasteiger partial charge < -0.3 is 19.4 Å². The van der Waals surface area contributed by atoms with Crippen LogP contribution in [0.25, 0.3) is 0 Å². The average molecular weight is 315 g/mol. The lowest BCUT2D eigenvalue weighted by atomic mass is 10.1. The fourth-order valence-corrected chi connectivity index (χ4v) is 2.75. The number of carbonyl (C=O) groups excluding carboxylic acids is 1. The van der Waals surface area contributed by atoms with E-state index in [9.17, 15) is 4.79 Å². The van der Waals surface area contributed by atoms with Crippen molar-refractivity contribution >= 4 is 5.91 Å². The summed E-state index contributed by atoms with van der Waals surface area (Å²) in [5.41, 5.74) is 1.95. The Morgan fingerprint density at radius 2 is 2.22 bits per heavy atom. The number of amides is 1. The van der Waals surface area contributed by atoms with Gasteiger partial charge in [0.25, 0.3) is 0 Å². The molecule has 3 rings (SSSR count). The molecule has 1 atom stereocenters. The van der Waals surface area contributed by atoms with Crippen LogP contribution in [0.3, 0.4) is 0 Å². The molecule has 1 unspecified atom stereocenters. The molecule has 0 aliphatic carbocycles. The predicted molar refractivity (Wildman–Crippen MR) is 85.3 cm³/mol. The second-order valence-corrected chi connectivity index (χ2v) is 5.65. The molecule has 2 aromatic rings. The summed E-state index contributed by atoms with van der Waals surface area (Å²) in [4.78, 5) is 22.1. The third-order valence-electron chi connectivity index (χ3n) is 4.00. The number of nitrogens with one attached hydrogen (secondary N) is 1. The number of aromatic nitrogens is 2. The first kappa shape index (κ1) is 15.6. The number of H-pyrrole nitrogens is 1. The second-order valence-electron chi connectivity index (χ2n) is 5.65. The Morgan fingerprint density at radius 1 is 1.43 bits per heavy atom. The van der Waals surface area contributed by atoms with E-state index in [-0.39, 0.29) is 11.9 Å². The number of carbonyl (C=O) groups is 1. The van der Waals surface area contributed by atoms with Crippen LogP contribution < -0.4 is 4.74 Å². The number of ether oxygens (including phenoxy) is 2. The van der Waals surface area contributed by atoms with E-state index in [0.29, 0.717) is 26.2 Å². The number of rotatable bonds is 4. The molecule has 1 saturated heterocycles. The highest BCUT2D eigenvalue weighted by Crippen LogP contribution is 2.23. The molecule has 1 N–H and O–H groups in total. The quantitative estimate of drug-likeness (QED) is 0.935. The van der Waals surface area contributed by atoms with Gasteiger partial charge in [-0.3, -0.25) is 4.79 Å². The lowest BCUT2D eigenvalue weighted by Crippen LogP contribution is -2.44. The largest absolute Gasteiger partial charge is 0.497 e. The number of aryl methyl sites for hydroxylation is 1. The van der Waals surface area contributed by atoms with E-state index in [1.807, 2.05) is 36.1 Å². The van der Waals surface area contributed by atoms with E-state index in [2.05, 4.69) is 9.97 Å². The minimum absolute atomic E-state index is 0.0810. The van der Waals surface area contributed by atoms with Crippen molar-refractivity contribution in [1.29, 1.82) is 0 Å². The highest BCUT2D eigenvalue weighted by Gasteiger charge is 2.30. The van der Waals surface area contributed by atoms with E-state index in [0.717, 1.165) is 22.8 Å². The molecule has 6 nitrogen and oxygen atoms in total. The Morgan fingerprint density at radius 3 is 2.87 bits per heavy atom. The molecule has 2 heterocycles. The Bertz CT molecular complexity index is 666. The molecule has 1 amide bonds. The first-order valence-corrected chi connectivity index (χ1v) is 7.69. The number of hydrogen-bond acceptors (Lipinski definition) is 4. The third kappa shape index (κ3) is 3.53. The summed E-state index contributed by atoms with van der Waals surface area (Å²) < 4.78 is 10.7. The summed E-state index contributed by atoms with van der Waals surface area (Å²) in [7, 11) is 1.63. The minimum Gasteiger partial charge on any atom is -0.497 e. The lowest BCUT2D eigenvalue weighted by molar-refractivity contribution is -0.139. The zero-order valence-corrected chi connectivity index (χ0v) is 13.4. The zero-order valence-electron chi connectivity index (χ0n) is 13.4. The van der Waals surface area contributed by atoms with E-state index < -0.39 is 0 Å². The molecule has 1 aromatic heterocycles. The number of aromatic amines is 1. The van der Waals surface area contributed by atoms with Crippen molar-refractivity contribution < 1.29 is 14.3 Å². The third-order valence-corrected chi connectivity index (χ3v) is 4.00. The molecule has 1 fully saturated rings. The fourth-order valence-electron chi connectivity index (χ4n) is 2.75. The van der Waals surface area contributed by atoms with Gasteiger partial charge in [-0.25, -0.2) is 4.98 Å². The van der Waals surface area contributed by atoms with Crippen molar-refractivity contribution in [1.82, 2.24) is 14.9 Å². The van der Waals surface area contributed by atoms with Crippen LogP contribution in [0.15, 0.2) is 30.5 Å². The number of morpholine rings is 1. The van der Waals surface area contributed by atoms with E-state index in [1.165, 1.54) is 0 Å². The molecule has 1 aromatic carbocycles. The SMILES string of the molecule is COc1ccc(CC(=O)N2CCOCC2c2ncc(C)[nH]2)cc1.